The number of benzene rings is 1. The fourth-order valence-electron chi connectivity index (χ4n) is 2.06. The number of nitrogens with two attached hydrogens (primary N) is 1. The van der Waals surface area contributed by atoms with Gasteiger partial charge in [0.1, 0.15) is 12.2 Å². The lowest BCUT2D eigenvalue weighted by atomic mass is 9.86. The standard InChI is InChI=1S/C12H15FN2O4/c1-2-18-12-8(14)6-10(12)19-11-7(13)4-3-5-9(11)15(16)17/h3-5,8,10,12H,2,6,14H2,1H3. The molecule has 1 aromatic rings. The molecule has 0 spiro atoms. The van der Waals surface area contributed by atoms with Gasteiger partial charge in [0, 0.05) is 25.1 Å². The molecule has 1 aliphatic carbocycles. The van der Waals surface area contributed by atoms with E-state index in [1.807, 2.05) is 6.92 Å². The van der Waals surface area contributed by atoms with E-state index in [0.29, 0.717) is 13.0 Å². The summed E-state index contributed by atoms with van der Waals surface area (Å²) in [6, 6.07) is 3.41. The van der Waals surface area contributed by atoms with Gasteiger partial charge in [-0.2, -0.15) is 0 Å². The van der Waals surface area contributed by atoms with E-state index >= 15 is 0 Å². The SMILES string of the molecule is CCOC1C(N)CC1Oc1c(F)cccc1[N+](=O)[O-]. The topological polar surface area (TPSA) is 87.6 Å². The molecular formula is C12H15FN2O4. The first kappa shape index (κ1) is 13.7. The molecule has 0 aliphatic heterocycles. The lowest BCUT2D eigenvalue weighted by molar-refractivity contribution is -0.386. The number of nitro groups is 1. The van der Waals surface area contributed by atoms with Gasteiger partial charge in [-0.15, -0.1) is 0 Å². The molecule has 3 unspecified atom stereocenters. The van der Waals surface area contributed by atoms with Gasteiger partial charge in [-0.1, -0.05) is 6.07 Å². The zero-order valence-electron chi connectivity index (χ0n) is 10.4. The van der Waals surface area contributed by atoms with Crippen molar-refractivity contribution < 1.29 is 18.8 Å². The minimum Gasteiger partial charge on any atom is -0.479 e. The van der Waals surface area contributed by atoms with Gasteiger partial charge in [0.2, 0.25) is 5.75 Å². The number of hydrogen-bond acceptors (Lipinski definition) is 5. The fraction of sp³-hybridized carbons (Fsp3) is 0.500. The Labute approximate surface area is 109 Å². The molecule has 1 fully saturated rings. The molecule has 0 aromatic heterocycles. The van der Waals surface area contributed by atoms with Crippen molar-refractivity contribution >= 4 is 5.69 Å². The molecule has 19 heavy (non-hydrogen) atoms. The first-order valence-corrected chi connectivity index (χ1v) is 6.01. The quantitative estimate of drug-likeness (QED) is 0.648. The van der Waals surface area contributed by atoms with Crippen molar-refractivity contribution in [2.24, 2.45) is 5.73 Å². The Hall–Kier alpha value is -1.73. The van der Waals surface area contributed by atoms with Crippen LogP contribution in [0, 0.1) is 15.9 Å². The van der Waals surface area contributed by atoms with E-state index in [1.165, 1.54) is 12.1 Å². The van der Waals surface area contributed by atoms with Gasteiger partial charge >= 0.3 is 5.69 Å². The van der Waals surface area contributed by atoms with E-state index in [2.05, 4.69) is 0 Å². The summed E-state index contributed by atoms with van der Waals surface area (Å²) >= 11 is 0. The summed E-state index contributed by atoms with van der Waals surface area (Å²) in [7, 11) is 0. The van der Waals surface area contributed by atoms with Crippen LogP contribution < -0.4 is 10.5 Å². The Kier molecular flexibility index (Phi) is 3.96. The van der Waals surface area contributed by atoms with Gasteiger partial charge in [0.25, 0.3) is 0 Å². The van der Waals surface area contributed by atoms with Crippen LogP contribution in [0.3, 0.4) is 0 Å². The smallest absolute Gasteiger partial charge is 0.314 e. The molecular weight excluding hydrogens is 255 g/mol. The average molecular weight is 270 g/mol. The molecule has 0 amide bonds. The van der Waals surface area contributed by atoms with Crippen LogP contribution in [0.1, 0.15) is 13.3 Å². The highest BCUT2D eigenvalue weighted by Gasteiger charge is 2.42. The van der Waals surface area contributed by atoms with Gasteiger partial charge in [0.15, 0.2) is 5.82 Å². The van der Waals surface area contributed by atoms with E-state index in [1.54, 1.807) is 0 Å². The highest BCUT2D eigenvalue weighted by atomic mass is 19.1. The monoisotopic (exact) mass is 270 g/mol. The van der Waals surface area contributed by atoms with Crippen molar-refractivity contribution in [3.8, 4) is 5.75 Å². The van der Waals surface area contributed by atoms with Crippen LogP contribution in [-0.4, -0.2) is 29.8 Å². The van der Waals surface area contributed by atoms with E-state index in [0.717, 1.165) is 6.07 Å². The Morgan fingerprint density at radius 2 is 2.32 bits per heavy atom. The summed E-state index contributed by atoms with van der Waals surface area (Å²) in [5, 5.41) is 10.8. The summed E-state index contributed by atoms with van der Waals surface area (Å²) in [6.07, 6.45) is -0.328. The lowest BCUT2D eigenvalue weighted by Gasteiger charge is -2.41. The Bertz CT molecular complexity index is 483. The second kappa shape index (κ2) is 5.50. The third-order valence-electron chi connectivity index (χ3n) is 3.06. The van der Waals surface area contributed by atoms with Crippen LogP contribution in [0.4, 0.5) is 10.1 Å². The Morgan fingerprint density at radius 3 is 2.89 bits per heavy atom. The predicted molar refractivity (Wildman–Crippen MR) is 65.5 cm³/mol. The molecule has 0 saturated heterocycles. The maximum atomic E-state index is 13.6. The highest BCUT2D eigenvalue weighted by molar-refractivity contribution is 5.47. The largest absolute Gasteiger partial charge is 0.479 e. The van der Waals surface area contributed by atoms with Gasteiger partial charge in [-0.25, -0.2) is 4.39 Å². The van der Waals surface area contributed by atoms with Crippen molar-refractivity contribution in [2.75, 3.05) is 6.61 Å². The van der Waals surface area contributed by atoms with Crippen LogP contribution in [0.2, 0.25) is 0 Å². The molecule has 0 bridgehead atoms. The molecule has 1 aliphatic rings. The van der Waals surface area contributed by atoms with Crippen LogP contribution in [0.5, 0.6) is 5.75 Å². The molecule has 3 atom stereocenters. The maximum absolute atomic E-state index is 13.6. The van der Waals surface area contributed by atoms with E-state index in [9.17, 15) is 14.5 Å². The third kappa shape index (κ3) is 2.66. The van der Waals surface area contributed by atoms with Gasteiger partial charge < -0.3 is 15.2 Å². The number of hydrogen-bond donors (Lipinski definition) is 1. The van der Waals surface area contributed by atoms with E-state index in [-0.39, 0.29) is 17.9 Å². The minimum atomic E-state index is -0.759. The normalized spacial score (nSPS) is 25.7. The Morgan fingerprint density at radius 1 is 1.58 bits per heavy atom. The van der Waals surface area contributed by atoms with Gasteiger partial charge in [-0.05, 0) is 13.0 Å². The molecule has 2 rings (SSSR count). The van der Waals surface area contributed by atoms with Gasteiger partial charge in [-0.3, -0.25) is 10.1 Å². The average Bonchev–Trinajstić information content (AvgIpc) is 2.37. The number of rotatable bonds is 5. The molecule has 104 valence electrons. The molecule has 6 nitrogen and oxygen atoms in total. The summed E-state index contributed by atoms with van der Waals surface area (Å²) in [5.74, 6) is -1.11. The number of nitro benzene ring substituents is 1. The number of para-hydroxylation sites is 1. The highest BCUT2D eigenvalue weighted by Crippen LogP contribution is 2.35. The van der Waals surface area contributed by atoms with Crippen LogP contribution in [0.15, 0.2) is 18.2 Å². The molecule has 7 heteroatoms. The van der Waals surface area contributed by atoms with Crippen molar-refractivity contribution in [1.82, 2.24) is 0 Å². The number of ether oxygens (including phenoxy) is 2. The van der Waals surface area contributed by atoms with E-state index < -0.39 is 22.5 Å². The summed E-state index contributed by atoms with van der Waals surface area (Å²) in [6.45, 7) is 2.27. The van der Waals surface area contributed by atoms with Crippen LogP contribution in [-0.2, 0) is 4.74 Å². The summed E-state index contributed by atoms with van der Waals surface area (Å²) in [5.41, 5.74) is 5.36. The zero-order chi connectivity index (χ0) is 14.0. The molecule has 1 aromatic carbocycles. The summed E-state index contributed by atoms with van der Waals surface area (Å²) < 4.78 is 24.4. The predicted octanol–water partition coefficient (Wildman–Crippen LogP) is 1.62. The fourth-order valence-corrected chi connectivity index (χ4v) is 2.06. The van der Waals surface area contributed by atoms with Crippen LogP contribution in [0.25, 0.3) is 0 Å². The maximum Gasteiger partial charge on any atom is 0.314 e. The molecule has 0 heterocycles. The lowest BCUT2D eigenvalue weighted by Crippen LogP contribution is -2.59. The first-order valence-electron chi connectivity index (χ1n) is 6.01. The minimum absolute atomic E-state index is 0.184. The number of halogens is 1. The second-order valence-electron chi connectivity index (χ2n) is 4.32. The third-order valence-corrected chi connectivity index (χ3v) is 3.06. The first-order chi connectivity index (χ1) is 9.04. The Balaban J connectivity index is 2.17. The van der Waals surface area contributed by atoms with Crippen molar-refractivity contribution in [3.05, 3.63) is 34.1 Å². The van der Waals surface area contributed by atoms with Crippen molar-refractivity contribution in [1.29, 1.82) is 0 Å². The van der Waals surface area contributed by atoms with E-state index in [4.69, 9.17) is 15.2 Å². The van der Waals surface area contributed by atoms with Gasteiger partial charge in [0.05, 0.1) is 4.92 Å². The summed E-state index contributed by atoms with van der Waals surface area (Å²) in [4.78, 5) is 10.2. The van der Waals surface area contributed by atoms with Crippen LogP contribution >= 0.6 is 0 Å². The number of nitrogens with zero attached hydrogens (tertiary/aromatic N) is 1. The van der Waals surface area contributed by atoms with Crippen molar-refractivity contribution in [2.45, 2.75) is 31.6 Å². The second-order valence-corrected chi connectivity index (χ2v) is 4.32. The molecule has 2 N–H and O–H groups in total. The molecule has 0 radical (unpaired) electrons. The van der Waals surface area contributed by atoms with Crippen molar-refractivity contribution in [3.63, 3.8) is 0 Å². The molecule has 1 saturated carbocycles. The zero-order valence-corrected chi connectivity index (χ0v) is 10.4.